The second-order valence-electron chi connectivity index (χ2n) is 6.01. The lowest BCUT2D eigenvalue weighted by Gasteiger charge is -2.34. The molecule has 1 heterocycles. The summed E-state index contributed by atoms with van der Waals surface area (Å²) in [7, 11) is 0. The summed E-state index contributed by atoms with van der Waals surface area (Å²) in [6, 6.07) is 2.14. The van der Waals surface area contributed by atoms with Crippen molar-refractivity contribution in [2.24, 2.45) is 0 Å². The molecule has 0 aliphatic carbocycles. The van der Waals surface area contributed by atoms with E-state index in [0.29, 0.717) is 0 Å². The van der Waals surface area contributed by atoms with Gasteiger partial charge < -0.3 is 10.2 Å². The Labute approximate surface area is 122 Å². The number of aliphatic hydroxyl groups excluding tert-OH is 2. The first-order chi connectivity index (χ1) is 9.45. The van der Waals surface area contributed by atoms with Gasteiger partial charge in [-0.15, -0.1) is 0 Å². The molecule has 1 aromatic carbocycles. The number of likely N-dealkylation sites (tertiary alicyclic amines) is 1. The highest BCUT2D eigenvalue weighted by Crippen LogP contribution is 2.30. The smallest absolute Gasteiger partial charge is 0.133 e. The van der Waals surface area contributed by atoms with Gasteiger partial charge in [0.25, 0.3) is 0 Å². The van der Waals surface area contributed by atoms with Gasteiger partial charge >= 0.3 is 0 Å². The predicted molar refractivity (Wildman–Crippen MR) is 81.8 cm³/mol. The Morgan fingerprint density at radius 1 is 1.20 bits per heavy atom. The second-order valence-corrected chi connectivity index (χ2v) is 6.01. The molecule has 3 heteroatoms. The fraction of sp³-hybridized carbons (Fsp3) is 0.647. The van der Waals surface area contributed by atoms with Crippen LogP contribution in [0.25, 0.3) is 0 Å². The van der Waals surface area contributed by atoms with E-state index in [1.807, 2.05) is 0 Å². The molecule has 0 radical (unpaired) electrons. The van der Waals surface area contributed by atoms with Crippen LogP contribution in [0.3, 0.4) is 0 Å². The molecule has 3 nitrogen and oxygen atoms in total. The molecule has 1 aromatic rings. The first kappa shape index (κ1) is 15.5. The van der Waals surface area contributed by atoms with Crippen LogP contribution in [0.4, 0.5) is 0 Å². The summed E-state index contributed by atoms with van der Waals surface area (Å²) in [4.78, 5) is 2.07. The second kappa shape index (κ2) is 6.25. The first-order valence-corrected chi connectivity index (χ1v) is 7.65. The molecule has 0 spiro atoms. The van der Waals surface area contributed by atoms with Gasteiger partial charge in [-0.3, -0.25) is 4.90 Å². The summed E-state index contributed by atoms with van der Waals surface area (Å²) in [5.74, 6) is 0. The number of hydrogen-bond donors (Lipinski definition) is 2. The van der Waals surface area contributed by atoms with Crippen molar-refractivity contribution in [2.45, 2.75) is 59.3 Å². The SMILES string of the molecule is CCc1c(C)cc(C(O)N2CCC(O)CC2)c(C)c1C. The maximum absolute atomic E-state index is 10.7. The van der Waals surface area contributed by atoms with E-state index in [9.17, 15) is 10.2 Å². The molecular formula is C17H27NO2. The van der Waals surface area contributed by atoms with Gasteiger partial charge in [0.15, 0.2) is 0 Å². The van der Waals surface area contributed by atoms with Crippen LogP contribution >= 0.6 is 0 Å². The van der Waals surface area contributed by atoms with Gasteiger partial charge in [0.2, 0.25) is 0 Å². The van der Waals surface area contributed by atoms with E-state index in [0.717, 1.165) is 37.9 Å². The number of nitrogens with zero attached hydrogens (tertiary/aromatic N) is 1. The van der Waals surface area contributed by atoms with Crippen LogP contribution in [0, 0.1) is 20.8 Å². The summed E-state index contributed by atoms with van der Waals surface area (Å²) >= 11 is 0. The highest BCUT2D eigenvalue weighted by Gasteiger charge is 2.25. The van der Waals surface area contributed by atoms with Crippen LogP contribution in [0.1, 0.15) is 53.8 Å². The van der Waals surface area contributed by atoms with Crippen molar-refractivity contribution in [3.63, 3.8) is 0 Å². The van der Waals surface area contributed by atoms with E-state index in [1.165, 1.54) is 22.3 Å². The van der Waals surface area contributed by atoms with E-state index in [2.05, 4.69) is 38.7 Å². The molecule has 112 valence electrons. The normalized spacial score (nSPS) is 19.3. The van der Waals surface area contributed by atoms with Crippen molar-refractivity contribution in [1.82, 2.24) is 4.90 Å². The minimum Gasteiger partial charge on any atom is -0.393 e. The van der Waals surface area contributed by atoms with Crippen LogP contribution in [-0.2, 0) is 6.42 Å². The number of piperidine rings is 1. The first-order valence-electron chi connectivity index (χ1n) is 7.65. The van der Waals surface area contributed by atoms with Crippen LogP contribution in [0.15, 0.2) is 6.07 Å². The molecule has 0 bridgehead atoms. The number of hydrogen-bond acceptors (Lipinski definition) is 3. The number of benzene rings is 1. The molecule has 2 rings (SSSR count). The van der Waals surface area contributed by atoms with Crippen molar-refractivity contribution in [2.75, 3.05) is 13.1 Å². The maximum Gasteiger partial charge on any atom is 0.133 e. The zero-order chi connectivity index (χ0) is 14.9. The lowest BCUT2D eigenvalue weighted by Crippen LogP contribution is -2.38. The summed E-state index contributed by atoms with van der Waals surface area (Å²) in [5, 5.41) is 20.3. The van der Waals surface area contributed by atoms with Crippen molar-refractivity contribution in [1.29, 1.82) is 0 Å². The molecule has 2 N–H and O–H groups in total. The topological polar surface area (TPSA) is 43.7 Å². The summed E-state index contributed by atoms with van der Waals surface area (Å²) < 4.78 is 0. The van der Waals surface area contributed by atoms with Gasteiger partial charge in [-0.05, 0) is 67.9 Å². The summed E-state index contributed by atoms with van der Waals surface area (Å²) in [6.45, 7) is 10.1. The monoisotopic (exact) mass is 277 g/mol. The zero-order valence-corrected chi connectivity index (χ0v) is 13.1. The Balaban J connectivity index is 2.28. The minimum absolute atomic E-state index is 0.203. The largest absolute Gasteiger partial charge is 0.393 e. The van der Waals surface area contributed by atoms with Crippen molar-refractivity contribution in [3.05, 3.63) is 33.9 Å². The van der Waals surface area contributed by atoms with Gasteiger partial charge in [0.1, 0.15) is 6.23 Å². The fourth-order valence-electron chi connectivity index (χ4n) is 3.31. The third kappa shape index (κ3) is 2.90. The molecule has 1 unspecified atom stereocenters. The molecule has 1 aliphatic heterocycles. The fourth-order valence-corrected chi connectivity index (χ4v) is 3.31. The average molecular weight is 277 g/mol. The number of aryl methyl sites for hydroxylation is 1. The van der Waals surface area contributed by atoms with Crippen LogP contribution in [-0.4, -0.2) is 34.3 Å². The lowest BCUT2D eigenvalue weighted by atomic mass is 9.91. The van der Waals surface area contributed by atoms with Crippen molar-refractivity contribution in [3.8, 4) is 0 Å². The predicted octanol–water partition coefficient (Wildman–Crippen LogP) is 2.62. The standard InChI is InChI=1S/C17H27NO2/c1-5-15-11(2)10-16(13(4)12(15)3)17(20)18-8-6-14(19)7-9-18/h10,14,17,19-20H,5-9H2,1-4H3. The maximum atomic E-state index is 10.7. The van der Waals surface area contributed by atoms with Crippen molar-refractivity contribution < 1.29 is 10.2 Å². The highest BCUT2D eigenvalue weighted by atomic mass is 16.3. The number of aliphatic hydroxyl groups is 2. The van der Waals surface area contributed by atoms with Crippen molar-refractivity contribution >= 4 is 0 Å². The third-order valence-corrected chi connectivity index (χ3v) is 4.77. The Hall–Kier alpha value is -0.900. The van der Waals surface area contributed by atoms with E-state index < -0.39 is 6.23 Å². The van der Waals surface area contributed by atoms with Gasteiger partial charge in [0, 0.05) is 13.1 Å². The lowest BCUT2D eigenvalue weighted by molar-refractivity contribution is -0.0348. The van der Waals surface area contributed by atoms with E-state index >= 15 is 0 Å². The van der Waals surface area contributed by atoms with E-state index in [-0.39, 0.29) is 6.10 Å². The van der Waals surface area contributed by atoms with Crippen LogP contribution in [0.5, 0.6) is 0 Å². The van der Waals surface area contributed by atoms with Gasteiger partial charge in [-0.1, -0.05) is 13.0 Å². The quantitative estimate of drug-likeness (QED) is 0.892. The summed E-state index contributed by atoms with van der Waals surface area (Å²) in [5.41, 5.74) is 6.19. The molecular weight excluding hydrogens is 250 g/mol. The molecule has 1 fully saturated rings. The van der Waals surface area contributed by atoms with Crippen LogP contribution < -0.4 is 0 Å². The molecule has 1 saturated heterocycles. The average Bonchev–Trinajstić information content (AvgIpc) is 2.43. The Morgan fingerprint density at radius 3 is 2.35 bits per heavy atom. The van der Waals surface area contributed by atoms with Crippen LogP contribution in [0.2, 0.25) is 0 Å². The Morgan fingerprint density at radius 2 is 1.80 bits per heavy atom. The number of rotatable bonds is 3. The molecule has 0 amide bonds. The zero-order valence-electron chi connectivity index (χ0n) is 13.1. The third-order valence-electron chi connectivity index (χ3n) is 4.77. The highest BCUT2D eigenvalue weighted by molar-refractivity contribution is 5.45. The molecule has 0 aromatic heterocycles. The van der Waals surface area contributed by atoms with Gasteiger partial charge in [-0.2, -0.15) is 0 Å². The van der Waals surface area contributed by atoms with E-state index in [1.54, 1.807) is 0 Å². The molecule has 20 heavy (non-hydrogen) atoms. The van der Waals surface area contributed by atoms with E-state index in [4.69, 9.17) is 0 Å². The van der Waals surface area contributed by atoms with Gasteiger partial charge in [0.05, 0.1) is 6.10 Å². The Kier molecular flexibility index (Phi) is 4.84. The minimum atomic E-state index is -0.550. The molecule has 1 aliphatic rings. The molecule has 1 atom stereocenters. The summed E-state index contributed by atoms with van der Waals surface area (Å²) in [6.07, 6.45) is 1.78. The molecule has 0 saturated carbocycles. The Bertz CT molecular complexity index is 476. The van der Waals surface area contributed by atoms with Gasteiger partial charge in [-0.25, -0.2) is 0 Å².